The fourth-order valence-corrected chi connectivity index (χ4v) is 3.97. The number of nitriles is 1. The van der Waals surface area contributed by atoms with E-state index in [1.807, 2.05) is 20.8 Å². The summed E-state index contributed by atoms with van der Waals surface area (Å²) in [6.07, 6.45) is 0.387. The van der Waals surface area contributed by atoms with Gasteiger partial charge in [-0.1, -0.05) is 13.3 Å². The van der Waals surface area contributed by atoms with Crippen LogP contribution >= 0.6 is 0 Å². The van der Waals surface area contributed by atoms with E-state index in [0.29, 0.717) is 19.3 Å². The van der Waals surface area contributed by atoms with Crippen molar-refractivity contribution in [3.05, 3.63) is 0 Å². The van der Waals surface area contributed by atoms with Gasteiger partial charge in [-0.3, -0.25) is 0 Å². The van der Waals surface area contributed by atoms with Crippen molar-refractivity contribution in [3.63, 3.8) is 0 Å². The summed E-state index contributed by atoms with van der Waals surface area (Å²) in [5.74, 6) is -0.473. The van der Waals surface area contributed by atoms with Gasteiger partial charge in [-0.25, -0.2) is 0 Å². The van der Waals surface area contributed by atoms with Gasteiger partial charge in [0, 0.05) is 5.92 Å². The van der Waals surface area contributed by atoms with Crippen LogP contribution in [0.15, 0.2) is 0 Å². The average molecular weight is 271 g/mol. The molecule has 0 aromatic carbocycles. The van der Waals surface area contributed by atoms with Crippen molar-refractivity contribution in [3.8, 4) is 6.07 Å². The summed E-state index contributed by atoms with van der Waals surface area (Å²) in [5, 5.41) is 8.96. The molecule has 108 valence electrons. The van der Waals surface area contributed by atoms with Crippen molar-refractivity contribution in [1.82, 2.24) is 0 Å². The molecule has 5 unspecified atom stereocenters. The average Bonchev–Trinajstić information content (AvgIpc) is 2.81. The lowest BCUT2D eigenvalue weighted by Crippen LogP contribution is -2.53. The topological polar surface area (TPSA) is 33.0 Å². The lowest BCUT2D eigenvalue weighted by molar-refractivity contribution is -0.355. The van der Waals surface area contributed by atoms with Crippen LogP contribution in [0.3, 0.4) is 0 Å². The first kappa shape index (κ1) is 14.7. The maximum atomic E-state index is 14.0. The summed E-state index contributed by atoms with van der Waals surface area (Å²) in [5.41, 5.74) is -0.781. The number of hydrogen-bond acceptors (Lipinski definition) is 2. The fraction of sp³-hybridized carbons (Fsp3) is 0.933. The van der Waals surface area contributed by atoms with Crippen molar-refractivity contribution >= 4 is 0 Å². The smallest absolute Gasteiger partial charge is 0.313 e. The van der Waals surface area contributed by atoms with Crippen molar-refractivity contribution in [2.45, 2.75) is 64.6 Å². The minimum absolute atomic E-state index is 0.0251. The van der Waals surface area contributed by atoms with E-state index in [4.69, 9.17) is 10.00 Å². The van der Waals surface area contributed by atoms with Crippen LogP contribution < -0.4 is 0 Å². The molecule has 1 saturated carbocycles. The fourth-order valence-electron chi connectivity index (χ4n) is 3.97. The number of alkyl halides is 2. The largest absolute Gasteiger partial charge is 0.359 e. The highest BCUT2D eigenvalue weighted by Crippen LogP contribution is 2.56. The Balaban J connectivity index is 2.22. The molecule has 2 aliphatic rings. The Kier molecular flexibility index (Phi) is 3.88. The quantitative estimate of drug-likeness (QED) is 0.761. The Bertz CT molecular complexity index is 379. The molecule has 2 nitrogen and oxygen atoms in total. The highest BCUT2D eigenvalue weighted by atomic mass is 19.3. The molecule has 1 heterocycles. The van der Waals surface area contributed by atoms with Crippen LogP contribution in [0.5, 0.6) is 0 Å². The first-order chi connectivity index (χ1) is 8.83. The lowest BCUT2D eigenvalue weighted by Gasteiger charge is -2.48. The van der Waals surface area contributed by atoms with Crippen LogP contribution in [-0.4, -0.2) is 11.7 Å². The normalized spacial score (nSPS) is 39.6. The van der Waals surface area contributed by atoms with E-state index < -0.39 is 17.6 Å². The summed E-state index contributed by atoms with van der Waals surface area (Å²) >= 11 is 0. The molecule has 0 spiro atoms. The number of fused-ring (bicyclic) bond motifs is 2. The molecule has 0 amide bonds. The molecule has 2 rings (SSSR count). The Morgan fingerprint density at radius 2 is 2.00 bits per heavy atom. The van der Waals surface area contributed by atoms with Gasteiger partial charge in [0.05, 0.1) is 17.6 Å². The summed E-state index contributed by atoms with van der Waals surface area (Å²) in [6, 6.07) is 2.21. The van der Waals surface area contributed by atoms with Gasteiger partial charge in [-0.15, -0.1) is 0 Å². The van der Waals surface area contributed by atoms with Gasteiger partial charge in [0.1, 0.15) is 0 Å². The van der Waals surface area contributed by atoms with E-state index in [1.165, 1.54) is 0 Å². The van der Waals surface area contributed by atoms with Gasteiger partial charge in [-0.2, -0.15) is 14.0 Å². The molecule has 0 N–H and O–H groups in total. The predicted molar refractivity (Wildman–Crippen MR) is 68.4 cm³/mol. The summed E-state index contributed by atoms with van der Waals surface area (Å²) in [6.45, 7) is 5.69. The molecule has 1 aliphatic carbocycles. The maximum absolute atomic E-state index is 14.0. The lowest BCUT2D eigenvalue weighted by atomic mass is 9.71. The van der Waals surface area contributed by atoms with Crippen molar-refractivity contribution in [1.29, 1.82) is 5.26 Å². The first-order valence-corrected chi connectivity index (χ1v) is 7.31. The molecule has 0 aromatic rings. The number of rotatable bonds is 4. The monoisotopic (exact) mass is 271 g/mol. The molecular formula is C15H23F2NO. The number of ether oxygens (including phenoxy) is 1. The third kappa shape index (κ3) is 2.50. The zero-order valence-electron chi connectivity index (χ0n) is 12.0. The van der Waals surface area contributed by atoms with E-state index in [0.717, 1.165) is 12.8 Å². The van der Waals surface area contributed by atoms with Gasteiger partial charge in [-0.05, 0) is 51.4 Å². The molecule has 1 saturated heterocycles. The van der Waals surface area contributed by atoms with Crippen LogP contribution in [0.2, 0.25) is 0 Å². The Morgan fingerprint density at radius 1 is 1.37 bits per heavy atom. The Labute approximate surface area is 114 Å². The molecule has 0 radical (unpaired) electrons. The standard InChI is InChI=1S/C15H23F2NO/c1-4-11(7-10(2)9-18)14(3)12-5-6-13(8-12)15(16,17)19-14/h10-13H,4-8H2,1-3H3. The third-order valence-corrected chi connectivity index (χ3v) is 5.24. The highest BCUT2D eigenvalue weighted by molar-refractivity contribution is 5.02. The van der Waals surface area contributed by atoms with Gasteiger partial charge in [0.15, 0.2) is 0 Å². The maximum Gasteiger partial charge on any atom is 0.359 e. The highest BCUT2D eigenvalue weighted by Gasteiger charge is 2.60. The van der Waals surface area contributed by atoms with Crippen LogP contribution in [0.4, 0.5) is 8.78 Å². The van der Waals surface area contributed by atoms with Gasteiger partial charge < -0.3 is 4.74 Å². The molecule has 2 bridgehead atoms. The van der Waals surface area contributed by atoms with Crippen LogP contribution in [0.1, 0.15) is 52.9 Å². The molecular weight excluding hydrogens is 248 g/mol. The van der Waals surface area contributed by atoms with Crippen LogP contribution in [0.25, 0.3) is 0 Å². The van der Waals surface area contributed by atoms with Crippen molar-refractivity contribution in [2.24, 2.45) is 23.7 Å². The van der Waals surface area contributed by atoms with Crippen molar-refractivity contribution < 1.29 is 13.5 Å². The number of halogens is 2. The van der Waals surface area contributed by atoms with Gasteiger partial charge >= 0.3 is 6.11 Å². The van der Waals surface area contributed by atoms with E-state index in [9.17, 15) is 8.78 Å². The third-order valence-electron chi connectivity index (χ3n) is 5.24. The van der Waals surface area contributed by atoms with Crippen LogP contribution in [-0.2, 0) is 4.74 Å². The molecule has 0 aromatic heterocycles. The summed E-state index contributed by atoms with van der Waals surface area (Å²) < 4.78 is 33.3. The Morgan fingerprint density at radius 3 is 2.58 bits per heavy atom. The molecule has 4 heteroatoms. The second kappa shape index (κ2) is 5.01. The van der Waals surface area contributed by atoms with Crippen molar-refractivity contribution in [2.75, 3.05) is 0 Å². The van der Waals surface area contributed by atoms with Gasteiger partial charge in [0.25, 0.3) is 0 Å². The summed E-state index contributed by atoms with van der Waals surface area (Å²) in [7, 11) is 0. The second-order valence-electron chi connectivity index (χ2n) is 6.43. The van der Waals surface area contributed by atoms with E-state index in [-0.39, 0.29) is 17.8 Å². The second-order valence-corrected chi connectivity index (χ2v) is 6.43. The molecule has 1 aliphatic heterocycles. The first-order valence-electron chi connectivity index (χ1n) is 7.31. The molecule has 19 heavy (non-hydrogen) atoms. The van der Waals surface area contributed by atoms with E-state index >= 15 is 0 Å². The minimum Gasteiger partial charge on any atom is -0.313 e. The Hall–Kier alpha value is -0.690. The zero-order chi connectivity index (χ0) is 14.3. The molecule has 2 fully saturated rings. The molecule has 5 atom stereocenters. The number of hydrogen-bond donors (Lipinski definition) is 0. The number of nitrogens with zero attached hydrogens (tertiary/aromatic N) is 1. The van der Waals surface area contributed by atoms with Gasteiger partial charge in [0.2, 0.25) is 0 Å². The minimum atomic E-state index is -2.99. The SMILES string of the molecule is CCC(CC(C)C#N)C1(C)OC(F)(F)C2CCC1C2. The predicted octanol–water partition coefficient (Wildman–Crippen LogP) is 4.36. The van der Waals surface area contributed by atoms with E-state index in [1.54, 1.807) is 0 Å². The summed E-state index contributed by atoms with van der Waals surface area (Å²) in [4.78, 5) is 0. The van der Waals surface area contributed by atoms with Crippen LogP contribution in [0, 0.1) is 35.0 Å². The zero-order valence-corrected chi connectivity index (χ0v) is 12.0. The van der Waals surface area contributed by atoms with E-state index in [2.05, 4.69) is 6.07 Å².